The molecule has 0 radical (unpaired) electrons. The molecule has 2 aromatic heterocycles. The number of aromatic nitrogens is 2. The van der Waals surface area contributed by atoms with Crippen molar-refractivity contribution < 1.29 is 9.59 Å². The van der Waals surface area contributed by atoms with Gasteiger partial charge in [0.25, 0.3) is 11.8 Å². The first kappa shape index (κ1) is 25.8. The molecule has 0 saturated carbocycles. The fraction of sp³-hybridized carbons (Fsp3) is 0. The van der Waals surface area contributed by atoms with Crippen LogP contribution in [0.4, 0.5) is 10.3 Å². The largest absolute Gasteiger partial charge is 0.298 e. The number of thiazole rings is 2. The summed E-state index contributed by atoms with van der Waals surface area (Å²) >= 11 is 2.72. The fourth-order valence-corrected chi connectivity index (χ4v) is 6.36. The number of nitrogens with one attached hydrogen (secondary N) is 2. The third kappa shape index (κ3) is 5.05. The van der Waals surface area contributed by atoms with Gasteiger partial charge in [-0.15, -0.1) is 22.7 Å². The second-order valence-electron chi connectivity index (χ2n) is 9.62. The minimum Gasteiger partial charge on any atom is -0.298 e. The van der Waals surface area contributed by atoms with Gasteiger partial charge in [-0.1, -0.05) is 91.0 Å². The summed E-state index contributed by atoms with van der Waals surface area (Å²) in [5.74, 6) is -0.674. The first-order valence-electron chi connectivity index (χ1n) is 13.2. The topological polar surface area (TPSA) is 84.0 Å². The molecule has 0 fully saturated rings. The zero-order valence-corrected chi connectivity index (χ0v) is 23.7. The van der Waals surface area contributed by atoms with Crippen LogP contribution < -0.4 is 10.6 Å². The molecule has 7 aromatic rings. The Kier molecular flexibility index (Phi) is 6.75. The molecule has 0 aliphatic carbocycles. The molecule has 2 heterocycles. The quantitative estimate of drug-likeness (QED) is 0.205. The Morgan fingerprint density at radius 1 is 0.524 bits per heavy atom. The normalized spacial score (nSPS) is 11.0. The van der Waals surface area contributed by atoms with Crippen molar-refractivity contribution in [2.75, 3.05) is 10.6 Å². The highest BCUT2D eigenvalue weighted by molar-refractivity contribution is 7.14. The molecule has 0 spiro atoms. The molecule has 6 nitrogen and oxygen atoms in total. The van der Waals surface area contributed by atoms with E-state index in [1.807, 2.05) is 59.3 Å². The lowest BCUT2D eigenvalue weighted by Crippen LogP contribution is -2.15. The minimum absolute atomic E-state index is 0.337. The van der Waals surface area contributed by atoms with E-state index in [0.717, 1.165) is 44.1 Å². The molecule has 7 rings (SSSR count). The second kappa shape index (κ2) is 11.0. The number of amides is 2. The first-order valence-corrected chi connectivity index (χ1v) is 15.0. The van der Waals surface area contributed by atoms with E-state index in [1.165, 1.54) is 22.7 Å². The van der Waals surface area contributed by atoms with Crippen molar-refractivity contribution in [2.24, 2.45) is 0 Å². The lowest BCUT2D eigenvalue weighted by Gasteiger charge is -2.06. The summed E-state index contributed by atoms with van der Waals surface area (Å²) in [6, 6.07) is 35.1. The van der Waals surface area contributed by atoms with Crippen molar-refractivity contribution in [1.82, 2.24) is 9.97 Å². The highest BCUT2D eigenvalue weighted by Gasteiger charge is 2.16. The number of anilines is 2. The van der Waals surface area contributed by atoms with E-state index in [1.54, 1.807) is 24.3 Å². The van der Waals surface area contributed by atoms with Gasteiger partial charge in [0, 0.05) is 33.0 Å². The number of carbonyl (C=O) groups is 2. The molecular weight excluding hydrogens is 561 g/mol. The highest BCUT2D eigenvalue weighted by atomic mass is 32.1. The Balaban J connectivity index is 1.06. The molecule has 2 amide bonds. The van der Waals surface area contributed by atoms with Gasteiger partial charge >= 0.3 is 0 Å². The Morgan fingerprint density at radius 3 is 1.45 bits per heavy atom. The van der Waals surface area contributed by atoms with Gasteiger partial charge in [-0.25, -0.2) is 9.97 Å². The molecule has 0 atom stereocenters. The molecule has 8 heteroatoms. The van der Waals surface area contributed by atoms with E-state index in [9.17, 15) is 9.59 Å². The number of hydrogen-bond acceptors (Lipinski definition) is 6. The molecule has 0 aliphatic rings. The van der Waals surface area contributed by atoms with Crippen LogP contribution in [0.2, 0.25) is 0 Å². The number of fused-ring (bicyclic) bond motifs is 2. The monoisotopic (exact) mass is 582 g/mol. The first-order chi connectivity index (χ1) is 20.6. The molecule has 0 aliphatic heterocycles. The Bertz CT molecular complexity index is 1960. The maximum atomic E-state index is 13.1. The van der Waals surface area contributed by atoms with E-state index in [4.69, 9.17) is 0 Å². The van der Waals surface area contributed by atoms with E-state index in [-0.39, 0.29) is 11.8 Å². The minimum atomic E-state index is -0.337. The lowest BCUT2D eigenvalue weighted by molar-refractivity contribution is 0.102. The van der Waals surface area contributed by atoms with Crippen LogP contribution in [0.25, 0.3) is 44.1 Å². The molecule has 0 unspecified atom stereocenters. The highest BCUT2D eigenvalue weighted by Crippen LogP contribution is 2.32. The number of hydrogen-bond donors (Lipinski definition) is 2. The summed E-state index contributed by atoms with van der Waals surface area (Å²) in [6.45, 7) is 0. The summed E-state index contributed by atoms with van der Waals surface area (Å²) in [6.07, 6.45) is 0. The van der Waals surface area contributed by atoms with Gasteiger partial charge in [0.2, 0.25) is 0 Å². The van der Waals surface area contributed by atoms with Crippen LogP contribution in [-0.2, 0) is 0 Å². The number of benzene rings is 5. The summed E-state index contributed by atoms with van der Waals surface area (Å²) < 4.78 is 0. The zero-order chi connectivity index (χ0) is 28.5. The molecule has 2 N–H and O–H groups in total. The second-order valence-corrected chi connectivity index (χ2v) is 11.3. The van der Waals surface area contributed by atoms with Gasteiger partial charge in [0.15, 0.2) is 10.3 Å². The molecular formula is C34H22N4O2S2. The van der Waals surface area contributed by atoms with E-state index in [0.29, 0.717) is 21.4 Å². The lowest BCUT2D eigenvalue weighted by atomic mass is 10.0. The Labute approximate surface area is 249 Å². The summed E-state index contributed by atoms with van der Waals surface area (Å²) in [5.41, 5.74) is 4.34. The zero-order valence-electron chi connectivity index (χ0n) is 22.1. The van der Waals surface area contributed by atoms with Crippen molar-refractivity contribution in [3.63, 3.8) is 0 Å². The molecule has 5 aromatic carbocycles. The van der Waals surface area contributed by atoms with Gasteiger partial charge in [0.05, 0.1) is 11.4 Å². The van der Waals surface area contributed by atoms with Crippen molar-refractivity contribution in [3.8, 4) is 22.5 Å². The molecule has 202 valence electrons. The van der Waals surface area contributed by atoms with Gasteiger partial charge in [-0.05, 0) is 39.7 Å². The summed E-state index contributed by atoms with van der Waals surface area (Å²) in [5, 5.41) is 15.1. The standard InChI is InChI=1S/C34H22N4O2S2/c39-31(37-33-35-29(19-41-33)27-16-6-10-21-8-1-3-14-25(21)27)23-12-5-13-24(18-23)32(40)38-34-36-30(20-42-34)28-17-7-11-22-9-2-4-15-26(22)28/h1-20H,(H,35,37,39)(H,36,38,40). The van der Waals surface area contributed by atoms with Crippen LogP contribution >= 0.6 is 22.7 Å². The van der Waals surface area contributed by atoms with Crippen LogP contribution in [-0.4, -0.2) is 21.8 Å². The maximum Gasteiger partial charge on any atom is 0.257 e. The number of carbonyl (C=O) groups excluding carboxylic acids is 2. The van der Waals surface area contributed by atoms with Crippen LogP contribution in [0, 0.1) is 0 Å². The van der Waals surface area contributed by atoms with Gasteiger partial charge in [-0.2, -0.15) is 0 Å². The van der Waals surface area contributed by atoms with Crippen molar-refractivity contribution in [3.05, 3.63) is 131 Å². The van der Waals surface area contributed by atoms with Crippen LogP contribution in [0.1, 0.15) is 20.7 Å². The summed E-state index contributed by atoms with van der Waals surface area (Å²) in [4.78, 5) is 35.5. The van der Waals surface area contributed by atoms with Crippen LogP contribution in [0.15, 0.2) is 120 Å². The van der Waals surface area contributed by atoms with Crippen molar-refractivity contribution in [2.45, 2.75) is 0 Å². The Hall–Kier alpha value is -5.18. The fourth-order valence-electron chi connectivity index (χ4n) is 4.95. The predicted molar refractivity (Wildman–Crippen MR) is 172 cm³/mol. The maximum absolute atomic E-state index is 13.1. The van der Waals surface area contributed by atoms with E-state index >= 15 is 0 Å². The van der Waals surface area contributed by atoms with E-state index in [2.05, 4.69) is 57.0 Å². The van der Waals surface area contributed by atoms with E-state index < -0.39 is 0 Å². The molecule has 0 saturated heterocycles. The number of rotatable bonds is 6. The number of nitrogens with zero attached hydrogens (tertiary/aromatic N) is 2. The van der Waals surface area contributed by atoms with Gasteiger partial charge < -0.3 is 0 Å². The van der Waals surface area contributed by atoms with Crippen LogP contribution in [0.5, 0.6) is 0 Å². The van der Waals surface area contributed by atoms with Gasteiger partial charge in [-0.3, -0.25) is 20.2 Å². The third-order valence-electron chi connectivity index (χ3n) is 6.97. The van der Waals surface area contributed by atoms with Gasteiger partial charge in [0.1, 0.15) is 0 Å². The molecule has 0 bridgehead atoms. The molecule has 42 heavy (non-hydrogen) atoms. The predicted octanol–water partition coefficient (Wildman–Crippen LogP) is 8.74. The van der Waals surface area contributed by atoms with Crippen LogP contribution in [0.3, 0.4) is 0 Å². The van der Waals surface area contributed by atoms with Crippen molar-refractivity contribution >= 4 is 66.3 Å². The SMILES string of the molecule is O=C(Nc1nc(-c2cccc3ccccc23)cs1)c1cccc(C(=O)Nc2nc(-c3cccc4ccccc34)cs2)c1. The third-order valence-corrected chi connectivity index (χ3v) is 8.48. The Morgan fingerprint density at radius 2 is 0.952 bits per heavy atom. The smallest absolute Gasteiger partial charge is 0.257 e. The summed E-state index contributed by atoms with van der Waals surface area (Å²) in [7, 11) is 0. The average molecular weight is 583 g/mol. The van der Waals surface area contributed by atoms with Crippen molar-refractivity contribution in [1.29, 1.82) is 0 Å². The average Bonchev–Trinajstić information content (AvgIpc) is 3.70.